The number of nitrogens with zero attached hydrogens (tertiary/aromatic N) is 1. The van der Waals surface area contributed by atoms with E-state index in [1.807, 2.05) is 0 Å². The number of aliphatic hydroxyl groups is 1. The van der Waals surface area contributed by atoms with Crippen molar-refractivity contribution in [1.82, 2.24) is 4.31 Å². The summed E-state index contributed by atoms with van der Waals surface area (Å²) in [7, 11) is -1.53. The van der Waals surface area contributed by atoms with Gasteiger partial charge in [0.2, 0.25) is 10.0 Å². The first kappa shape index (κ1) is 13.4. The van der Waals surface area contributed by atoms with Crippen LogP contribution in [0.2, 0.25) is 0 Å². The van der Waals surface area contributed by atoms with Crippen molar-refractivity contribution in [3.63, 3.8) is 0 Å². The molecule has 0 radical (unpaired) electrons. The van der Waals surface area contributed by atoms with E-state index < -0.39 is 10.0 Å². The van der Waals surface area contributed by atoms with E-state index in [0.717, 1.165) is 19.3 Å². The van der Waals surface area contributed by atoms with Gasteiger partial charge in [-0.15, -0.1) is 0 Å². The molecule has 0 atom stereocenters. The van der Waals surface area contributed by atoms with Crippen LogP contribution < -0.4 is 0 Å². The van der Waals surface area contributed by atoms with Crippen molar-refractivity contribution in [2.75, 3.05) is 24.9 Å². The maximum atomic E-state index is 11.2. The van der Waals surface area contributed by atoms with Gasteiger partial charge in [-0.3, -0.25) is 0 Å². The summed E-state index contributed by atoms with van der Waals surface area (Å²) >= 11 is 2.92. The second-order valence-electron chi connectivity index (χ2n) is 2.83. The first-order chi connectivity index (χ1) is 6.04. The first-order valence-electron chi connectivity index (χ1n) is 4.15. The molecule has 0 aromatic carbocycles. The van der Waals surface area contributed by atoms with Gasteiger partial charge < -0.3 is 5.11 Å². The van der Waals surface area contributed by atoms with Gasteiger partial charge in [0.1, 0.15) is 4.66 Å². The van der Waals surface area contributed by atoms with Crippen LogP contribution >= 0.6 is 15.9 Å². The number of rotatable bonds is 7. The van der Waals surface area contributed by atoms with Crippen LogP contribution in [0.4, 0.5) is 0 Å². The predicted molar refractivity (Wildman–Crippen MR) is 56.3 cm³/mol. The van der Waals surface area contributed by atoms with Gasteiger partial charge in [-0.1, -0.05) is 15.9 Å². The van der Waals surface area contributed by atoms with Crippen LogP contribution in [-0.4, -0.2) is 42.7 Å². The van der Waals surface area contributed by atoms with Crippen LogP contribution in [0.3, 0.4) is 0 Å². The summed E-state index contributed by atoms with van der Waals surface area (Å²) in [5.74, 6) is 0. The molecule has 0 heterocycles. The lowest BCUT2D eigenvalue weighted by molar-refractivity contribution is 0.281. The largest absolute Gasteiger partial charge is 0.396 e. The summed E-state index contributed by atoms with van der Waals surface area (Å²) in [5, 5.41) is 8.50. The first-order valence-corrected chi connectivity index (χ1v) is 6.88. The van der Waals surface area contributed by atoms with Crippen molar-refractivity contribution in [2.45, 2.75) is 19.3 Å². The molecular weight excluding hydrogens is 258 g/mol. The topological polar surface area (TPSA) is 57.6 Å². The number of hydrogen-bond acceptors (Lipinski definition) is 3. The molecule has 1 N–H and O–H groups in total. The molecule has 0 aliphatic heterocycles. The summed E-state index contributed by atoms with van der Waals surface area (Å²) in [6.45, 7) is 0.697. The van der Waals surface area contributed by atoms with E-state index in [2.05, 4.69) is 15.9 Å². The van der Waals surface area contributed by atoms with Crippen LogP contribution in [-0.2, 0) is 10.0 Å². The Morgan fingerprint density at radius 3 is 2.38 bits per heavy atom. The maximum absolute atomic E-state index is 11.2. The Morgan fingerprint density at radius 2 is 1.92 bits per heavy atom. The highest BCUT2D eigenvalue weighted by Gasteiger charge is 2.14. The third kappa shape index (κ3) is 5.61. The molecule has 0 amide bonds. The zero-order chi connectivity index (χ0) is 10.3. The molecule has 0 aliphatic rings. The lowest BCUT2D eigenvalue weighted by Crippen LogP contribution is -2.28. The van der Waals surface area contributed by atoms with Crippen molar-refractivity contribution in [3.05, 3.63) is 0 Å². The zero-order valence-electron chi connectivity index (χ0n) is 7.74. The number of aliphatic hydroxyl groups excluding tert-OH is 1. The van der Waals surface area contributed by atoms with Gasteiger partial charge in [-0.2, -0.15) is 0 Å². The van der Waals surface area contributed by atoms with E-state index in [1.54, 1.807) is 7.05 Å². The molecule has 0 spiro atoms. The van der Waals surface area contributed by atoms with Gasteiger partial charge in [-0.25, -0.2) is 12.7 Å². The van der Waals surface area contributed by atoms with Crippen molar-refractivity contribution in [1.29, 1.82) is 0 Å². The quantitative estimate of drug-likeness (QED) is 0.551. The number of sulfonamides is 1. The number of unbranched alkanes of at least 4 members (excludes halogenated alkanes) is 2. The highest BCUT2D eigenvalue weighted by Crippen LogP contribution is 2.04. The SMILES string of the molecule is CN(CCCCCO)S(=O)(=O)CBr. The Balaban J connectivity index is 3.69. The van der Waals surface area contributed by atoms with Crippen molar-refractivity contribution < 1.29 is 13.5 Å². The van der Waals surface area contributed by atoms with Gasteiger partial charge in [0.05, 0.1) is 0 Å². The van der Waals surface area contributed by atoms with Gasteiger partial charge in [0, 0.05) is 20.2 Å². The molecule has 0 rings (SSSR count). The molecule has 13 heavy (non-hydrogen) atoms. The summed E-state index contributed by atoms with van der Waals surface area (Å²) in [6.07, 6.45) is 2.39. The molecular formula is C7H16BrNO3S. The zero-order valence-corrected chi connectivity index (χ0v) is 10.1. The number of alkyl halides is 1. The van der Waals surface area contributed by atoms with Crippen LogP contribution in [0.5, 0.6) is 0 Å². The molecule has 6 heteroatoms. The minimum absolute atomic E-state index is 0.0312. The Morgan fingerprint density at radius 1 is 1.31 bits per heavy atom. The molecule has 0 aromatic heterocycles. The van der Waals surface area contributed by atoms with Gasteiger partial charge in [0.25, 0.3) is 0 Å². The fourth-order valence-electron chi connectivity index (χ4n) is 0.845. The Bertz CT molecular complexity index is 218. The lowest BCUT2D eigenvalue weighted by Gasteiger charge is -2.14. The number of halogens is 1. The second kappa shape index (κ2) is 6.75. The molecule has 0 bridgehead atoms. The minimum atomic E-state index is -3.10. The molecule has 4 nitrogen and oxygen atoms in total. The summed E-state index contributed by atoms with van der Waals surface area (Å²) in [6, 6.07) is 0. The molecule has 80 valence electrons. The van der Waals surface area contributed by atoms with E-state index in [-0.39, 0.29) is 11.3 Å². The molecule has 0 saturated heterocycles. The summed E-state index contributed by atoms with van der Waals surface area (Å²) in [4.78, 5) is 0. The fraction of sp³-hybridized carbons (Fsp3) is 1.00. The smallest absolute Gasteiger partial charge is 0.223 e. The third-order valence-corrected chi connectivity index (χ3v) is 4.89. The number of hydrogen-bond donors (Lipinski definition) is 1. The van der Waals surface area contributed by atoms with Gasteiger partial charge in [0.15, 0.2) is 0 Å². The fourth-order valence-corrected chi connectivity index (χ4v) is 2.47. The highest BCUT2D eigenvalue weighted by atomic mass is 79.9. The third-order valence-electron chi connectivity index (χ3n) is 1.74. The lowest BCUT2D eigenvalue weighted by atomic mass is 10.2. The monoisotopic (exact) mass is 273 g/mol. The Hall–Kier alpha value is 0.350. The van der Waals surface area contributed by atoms with E-state index in [1.165, 1.54) is 4.31 Å². The van der Waals surface area contributed by atoms with Gasteiger partial charge >= 0.3 is 0 Å². The Kier molecular flexibility index (Phi) is 6.93. The average Bonchev–Trinajstić information content (AvgIpc) is 2.12. The average molecular weight is 274 g/mol. The van der Waals surface area contributed by atoms with Crippen molar-refractivity contribution in [3.8, 4) is 0 Å². The molecule has 0 aromatic rings. The summed E-state index contributed by atoms with van der Waals surface area (Å²) < 4.78 is 23.7. The second-order valence-corrected chi connectivity index (χ2v) is 6.21. The van der Waals surface area contributed by atoms with E-state index in [9.17, 15) is 8.42 Å². The normalized spacial score (nSPS) is 12.3. The van der Waals surface area contributed by atoms with Crippen LogP contribution in [0.15, 0.2) is 0 Å². The molecule has 0 fully saturated rings. The summed E-state index contributed by atoms with van der Waals surface area (Å²) in [5.41, 5.74) is 0. The maximum Gasteiger partial charge on any atom is 0.223 e. The van der Waals surface area contributed by atoms with E-state index in [0.29, 0.717) is 6.54 Å². The van der Waals surface area contributed by atoms with Crippen LogP contribution in [0, 0.1) is 0 Å². The van der Waals surface area contributed by atoms with E-state index >= 15 is 0 Å². The minimum Gasteiger partial charge on any atom is -0.396 e. The standard InChI is InChI=1S/C7H16BrNO3S/c1-9(13(11,12)7-8)5-3-2-4-6-10/h10H,2-7H2,1H3. The molecule has 0 aliphatic carbocycles. The van der Waals surface area contributed by atoms with Crippen molar-refractivity contribution in [2.24, 2.45) is 0 Å². The van der Waals surface area contributed by atoms with Crippen LogP contribution in [0.1, 0.15) is 19.3 Å². The molecule has 0 saturated carbocycles. The van der Waals surface area contributed by atoms with Crippen molar-refractivity contribution >= 4 is 26.0 Å². The van der Waals surface area contributed by atoms with Gasteiger partial charge in [-0.05, 0) is 19.3 Å². The van der Waals surface area contributed by atoms with E-state index in [4.69, 9.17) is 5.11 Å². The highest BCUT2D eigenvalue weighted by molar-refractivity contribution is 9.10. The predicted octanol–water partition coefficient (Wildman–Crippen LogP) is 0.763. The van der Waals surface area contributed by atoms with Crippen LogP contribution in [0.25, 0.3) is 0 Å². The Labute approximate surface area is 88.1 Å². The molecule has 0 unspecified atom stereocenters.